The fourth-order valence-corrected chi connectivity index (χ4v) is 1.68. The zero-order valence-electron chi connectivity index (χ0n) is 12.1. The number of hydrogen-bond donors (Lipinski definition) is 3. The third-order valence-electron chi connectivity index (χ3n) is 3.25. The van der Waals surface area contributed by atoms with E-state index >= 15 is 0 Å². The smallest absolute Gasteiger partial charge is 0.239 e. The molecule has 0 radical (unpaired) electrons. The number of nitrogens with one attached hydrogen (secondary N) is 1. The van der Waals surface area contributed by atoms with Crippen LogP contribution in [0, 0.1) is 5.41 Å². The SMILES string of the molecule is CCCN(CC(=O)NC)C(=O)C(C)(CC)C(N)=NO. The van der Waals surface area contributed by atoms with Crippen molar-refractivity contribution in [3.05, 3.63) is 0 Å². The molecule has 0 aliphatic carbocycles. The lowest BCUT2D eigenvalue weighted by atomic mass is 9.84. The number of carbonyl (C=O) groups is 2. The van der Waals surface area contributed by atoms with Crippen molar-refractivity contribution >= 4 is 17.6 Å². The zero-order chi connectivity index (χ0) is 15.1. The number of amides is 2. The quantitative estimate of drug-likeness (QED) is 0.265. The highest BCUT2D eigenvalue weighted by Gasteiger charge is 2.39. The normalized spacial score (nSPS) is 14.6. The van der Waals surface area contributed by atoms with Gasteiger partial charge < -0.3 is 21.2 Å². The first kappa shape index (κ1) is 17.2. The van der Waals surface area contributed by atoms with E-state index in [0.29, 0.717) is 13.0 Å². The molecular formula is C12H24N4O3. The van der Waals surface area contributed by atoms with E-state index in [2.05, 4.69) is 10.5 Å². The Morgan fingerprint density at radius 1 is 1.42 bits per heavy atom. The number of carbonyl (C=O) groups excluding carboxylic acids is 2. The number of amidine groups is 1. The number of oxime groups is 1. The Bertz CT molecular complexity index is 357. The number of likely N-dealkylation sites (N-methyl/N-ethyl adjacent to an activating group) is 1. The third-order valence-corrected chi connectivity index (χ3v) is 3.25. The van der Waals surface area contributed by atoms with Crippen LogP contribution in [-0.2, 0) is 9.59 Å². The summed E-state index contributed by atoms with van der Waals surface area (Å²) in [5.74, 6) is -0.700. The van der Waals surface area contributed by atoms with Crippen molar-refractivity contribution in [3.63, 3.8) is 0 Å². The molecular weight excluding hydrogens is 248 g/mol. The number of nitrogens with two attached hydrogens (primary N) is 1. The van der Waals surface area contributed by atoms with Crippen LogP contribution in [0.25, 0.3) is 0 Å². The van der Waals surface area contributed by atoms with E-state index in [1.54, 1.807) is 13.8 Å². The highest BCUT2D eigenvalue weighted by atomic mass is 16.4. The van der Waals surface area contributed by atoms with Gasteiger partial charge in [-0.05, 0) is 19.8 Å². The number of rotatable bonds is 7. The van der Waals surface area contributed by atoms with Crippen molar-refractivity contribution in [2.75, 3.05) is 20.1 Å². The van der Waals surface area contributed by atoms with Crippen molar-refractivity contribution in [2.45, 2.75) is 33.6 Å². The molecule has 7 heteroatoms. The molecule has 0 aromatic rings. The van der Waals surface area contributed by atoms with E-state index < -0.39 is 5.41 Å². The average molecular weight is 272 g/mol. The van der Waals surface area contributed by atoms with Crippen LogP contribution in [0.4, 0.5) is 0 Å². The predicted molar refractivity (Wildman–Crippen MR) is 72.7 cm³/mol. The molecule has 0 spiro atoms. The first-order valence-electron chi connectivity index (χ1n) is 6.35. The monoisotopic (exact) mass is 272 g/mol. The van der Waals surface area contributed by atoms with Gasteiger partial charge in [-0.1, -0.05) is 19.0 Å². The molecule has 4 N–H and O–H groups in total. The van der Waals surface area contributed by atoms with E-state index in [0.717, 1.165) is 6.42 Å². The van der Waals surface area contributed by atoms with Crippen molar-refractivity contribution in [1.82, 2.24) is 10.2 Å². The Balaban J connectivity index is 5.21. The minimum absolute atomic E-state index is 0.0303. The molecule has 110 valence electrons. The Morgan fingerprint density at radius 2 is 2.00 bits per heavy atom. The minimum atomic E-state index is -1.10. The number of hydrogen-bond acceptors (Lipinski definition) is 4. The molecule has 0 aromatic carbocycles. The van der Waals surface area contributed by atoms with E-state index in [9.17, 15) is 9.59 Å². The van der Waals surface area contributed by atoms with Crippen molar-refractivity contribution < 1.29 is 14.8 Å². The molecule has 0 aromatic heterocycles. The van der Waals surface area contributed by atoms with E-state index in [-0.39, 0.29) is 24.2 Å². The van der Waals surface area contributed by atoms with Crippen LogP contribution in [0.3, 0.4) is 0 Å². The lowest BCUT2D eigenvalue weighted by Crippen LogP contribution is -2.51. The topological polar surface area (TPSA) is 108 Å². The summed E-state index contributed by atoms with van der Waals surface area (Å²) in [6.07, 6.45) is 1.11. The second kappa shape index (κ2) is 7.60. The molecule has 1 atom stereocenters. The molecule has 0 heterocycles. The van der Waals surface area contributed by atoms with Crippen molar-refractivity contribution in [3.8, 4) is 0 Å². The fourth-order valence-electron chi connectivity index (χ4n) is 1.68. The Morgan fingerprint density at radius 3 is 2.37 bits per heavy atom. The second-order valence-corrected chi connectivity index (χ2v) is 4.57. The van der Waals surface area contributed by atoms with E-state index in [1.165, 1.54) is 11.9 Å². The lowest BCUT2D eigenvalue weighted by Gasteiger charge is -2.32. The van der Waals surface area contributed by atoms with Crippen molar-refractivity contribution in [1.29, 1.82) is 0 Å². The molecule has 0 saturated heterocycles. The van der Waals surface area contributed by atoms with Gasteiger partial charge in [0.15, 0.2) is 5.84 Å². The first-order valence-corrected chi connectivity index (χ1v) is 6.35. The summed E-state index contributed by atoms with van der Waals surface area (Å²) in [7, 11) is 1.51. The lowest BCUT2D eigenvalue weighted by molar-refractivity contribution is -0.141. The van der Waals surface area contributed by atoms with Crippen LogP contribution in [0.2, 0.25) is 0 Å². The summed E-state index contributed by atoms with van der Waals surface area (Å²) < 4.78 is 0. The molecule has 0 fully saturated rings. The van der Waals surface area contributed by atoms with Crippen LogP contribution in [0.15, 0.2) is 5.16 Å². The summed E-state index contributed by atoms with van der Waals surface area (Å²) >= 11 is 0. The van der Waals surface area contributed by atoms with Gasteiger partial charge >= 0.3 is 0 Å². The fraction of sp³-hybridized carbons (Fsp3) is 0.750. The summed E-state index contributed by atoms with van der Waals surface area (Å²) in [5.41, 5.74) is 4.51. The van der Waals surface area contributed by atoms with Gasteiger partial charge in [-0.15, -0.1) is 0 Å². The van der Waals surface area contributed by atoms with Crippen LogP contribution in [-0.4, -0.2) is 47.9 Å². The maximum atomic E-state index is 12.5. The Kier molecular flexibility index (Phi) is 6.89. The maximum Gasteiger partial charge on any atom is 0.239 e. The maximum absolute atomic E-state index is 12.5. The van der Waals surface area contributed by atoms with Crippen molar-refractivity contribution in [2.24, 2.45) is 16.3 Å². The van der Waals surface area contributed by atoms with Gasteiger partial charge in [0.1, 0.15) is 5.41 Å². The number of nitrogens with zero attached hydrogens (tertiary/aromatic N) is 2. The van der Waals surface area contributed by atoms with Crippen LogP contribution < -0.4 is 11.1 Å². The molecule has 19 heavy (non-hydrogen) atoms. The summed E-state index contributed by atoms with van der Waals surface area (Å²) in [6, 6.07) is 0. The van der Waals surface area contributed by atoms with Gasteiger partial charge in [0.05, 0.1) is 6.54 Å². The van der Waals surface area contributed by atoms with Gasteiger partial charge in [-0.2, -0.15) is 0 Å². The molecule has 7 nitrogen and oxygen atoms in total. The molecule has 1 unspecified atom stereocenters. The third kappa shape index (κ3) is 4.11. The molecule has 0 aliphatic heterocycles. The molecule has 0 rings (SSSR count). The minimum Gasteiger partial charge on any atom is -0.409 e. The molecule has 0 aliphatic rings. The highest BCUT2D eigenvalue weighted by Crippen LogP contribution is 2.24. The van der Waals surface area contributed by atoms with Gasteiger partial charge in [0.25, 0.3) is 0 Å². The molecule has 0 saturated carbocycles. The first-order chi connectivity index (χ1) is 8.87. The van der Waals surface area contributed by atoms with Gasteiger partial charge in [0.2, 0.25) is 11.8 Å². The van der Waals surface area contributed by atoms with Gasteiger partial charge in [0, 0.05) is 13.6 Å². The zero-order valence-corrected chi connectivity index (χ0v) is 12.1. The van der Waals surface area contributed by atoms with Gasteiger partial charge in [-0.3, -0.25) is 9.59 Å². The van der Waals surface area contributed by atoms with Crippen LogP contribution in [0.5, 0.6) is 0 Å². The van der Waals surface area contributed by atoms with E-state index in [1.807, 2.05) is 6.92 Å². The summed E-state index contributed by atoms with van der Waals surface area (Å²) in [4.78, 5) is 25.4. The molecule has 2 amide bonds. The molecule has 0 bridgehead atoms. The van der Waals surface area contributed by atoms with Crippen LogP contribution in [0.1, 0.15) is 33.6 Å². The summed E-state index contributed by atoms with van der Waals surface area (Å²) in [5, 5.41) is 14.2. The van der Waals surface area contributed by atoms with Gasteiger partial charge in [-0.25, -0.2) is 0 Å². The predicted octanol–water partition coefficient (Wildman–Crippen LogP) is 0.134. The highest BCUT2D eigenvalue weighted by molar-refractivity contribution is 6.06. The van der Waals surface area contributed by atoms with E-state index in [4.69, 9.17) is 10.9 Å². The second-order valence-electron chi connectivity index (χ2n) is 4.57. The Labute approximate surface area is 113 Å². The largest absolute Gasteiger partial charge is 0.409 e. The Hall–Kier alpha value is -1.79. The average Bonchev–Trinajstić information content (AvgIpc) is 2.43. The van der Waals surface area contributed by atoms with Crippen LogP contribution >= 0.6 is 0 Å². The summed E-state index contributed by atoms with van der Waals surface area (Å²) in [6.45, 7) is 5.71. The standard InChI is InChI=1S/C12H24N4O3/c1-5-7-16(8-9(17)14-4)11(18)12(3,6-2)10(13)15-19/h19H,5-8H2,1-4H3,(H2,13,15)(H,14,17).